The molecule has 0 saturated heterocycles. The Morgan fingerprint density at radius 1 is 1.71 bits per heavy atom. The molecule has 0 aromatic carbocycles. The molecule has 7 heavy (non-hydrogen) atoms. The highest BCUT2D eigenvalue weighted by Gasteiger charge is 1.81. The zero-order valence-corrected chi connectivity index (χ0v) is 4.39. The Hall–Kier alpha value is -0.940. The summed E-state index contributed by atoms with van der Waals surface area (Å²) < 4.78 is 0. The van der Waals surface area contributed by atoms with Gasteiger partial charge in [-0.25, -0.2) is 0 Å². The van der Waals surface area contributed by atoms with E-state index in [1.807, 2.05) is 0 Å². The van der Waals surface area contributed by atoms with Crippen LogP contribution in [0.3, 0.4) is 0 Å². The Balaban J connectivity index is 3.46. The maximum absolute atomic E-state index is 5.23. The maximum atomic E-state index is 5.23. The molecule has 36 valence electrons. The zero-order valence-electron chi connectivity index (χ0n) is 4.39. The number of nitrogens with two attached hydrogens (primary N) is 1. The monoisotopic (exact) mass is 95.1 g/mol. The highest BCUT2D eigenvalue weighted by Crippen LogP contribution is 1.83. The molecule has 1 nitrogen and oxygen atoms in total. The Bertz CT molecular complexity index is 101. The summed E-state index contributed by atoms with van der Waals surface area (Å²) in [5.74, 6) is 0. The van der Waals surface area contributed by atoms with Crippen LogP contribution in [0, 0.1) is 6.58 Å². The molecule has 0 aromatic heterocycles. The van der Waals surface area contributed by atoms with Crippen molar-refractivity contribution >= 4 is 6.21 Å². The summed E-state index contributed by atoms with van der Waals surface area (Å²) in [5.41, 5.74) is 0.765. The van der Waals surface area contributed by atoms with Crippen molar-refractivity contribution in [3.63, 3.8) is 0 Å². The van der Waals surface area contributed by atoms with E-state index < -0.39 is 0 Å². The minimum Gasteiger partial charge on any atom is -0.259 e. The van der Waals surface area contributed by atoms with Crippen LogP contribution in [0.25, 0.3) is 0 Å². The van der Waals surface area contributed by atoms with Gasteiger partial charge in [0, 0.05) is 6.92 Å². The van der Waals surface area contributed by atoms with Crippen LogP contribution < -0.4 is 5.41 Å². The molecule has 0 saturated carbocycles. The molecule has 0 radical (unpaired) electrons. The maximum Gasteiger partial charge on any atom is 0.180 e. The normalized spacial score (nSPS) is 9.14. The lowest BCUT2D eigenvalue weighted by atomic mass is 10.3. The third-order valence-corrected chi connectivity index (χ3v) is 0.470. The fourth-order valence-electron chi connectivity index (χ4n) is 0.207. The molecule has 0 aliphatic heterocycles. The Morgan fingerprint density at radius 3 is 2.43 bits per heavy atom. The van der Waals surface area contributed by atoms with Crippen LogP contribution in [0.4, 0.5) is 0 Å². The highest BCUT2D eigenvalue weighted by atomic mass is 14.3. The lowest BCUT2D eigenvalue weighted by molar-refractivity contribution is -0.104. The second-order valence-corrected chi connectivity index (χ2v) is 1.30. The van der Waals surface area contributed by atoms with Gasteiger partial charge in [-0.1, -0.05) is 0 Å². The van der Waals surface area contributed by atoms with Gasteiger partial charge in [0.05, 0.1) is 18.7 Å². The number of hydrogen-bond acceptors (Lipinski definition) is 0. The summed E-state index contributed by atoms with van der Waals surface area (Å²) in [5, 5.41) is 5.00. The van der Waals surface area contributed by atoms with Crippen molar-refractivity contribution in [2.45, 2.75) is 6.92 Å². The van der Waals surface area contributed by atoms with Gasteiger partial charge in [0.2, 0.25) is 0 Å². The van der Waals surface area contributed by atoms with Crippen LogP contribution in [0.15, 0.2) is 17.7 Å². The molecule has 0 aliphatic carbocycles. The smallest absolute Gasteiger partial charge is 0.180 e. The summed E-state index contributed by atoms with van der Waals surface area (Å²) in [6.45, 7) is 7.04. The van der Waals surface area contributed by atoms with E-state index in [1.54, 1.807) is 19.1 Å². The molecule has 1 heteroatoms. The zero-order chi connectivity index (χ0) is 5.70. The van der Waals surface area contributed by atoms with Gasteiger partial charge in [-0.05, 0) is 0 Å². The fourth-order valence-corrected chi connectivity index (χ4v) is 0.207. The number of hydrogen-bond donors (Lipinski definition) is 1. The number of allylic oxidation sites excluding steroid dienone is 3. The molecule has 0 rings (SSSR count). The van der Waals surface area contributed by atoms with Crippen LogP contribution in [-0.2, 0) is 0 Å². The number of rotatable bonds is 2. The molecular weight excluding hydrogens is 86.1 g/mol. The molecule has 0 atom stereocenters. The second-order valence-electron chi connectivity index (χ2n) is 1.30. The van der Waals surface area contributed by atoms with Crippen LogP contribution >= 0.6 is 0 Å². The van der Waals surface area contributed by atoms with E-state index in [9.17, 15) is 0 Å². The van der Waals surface area contributed by atoms with Gasteiger partial charge >= 0.3 is 0 Å². The van der Waals surface area contributed by atoms with Crippen molar-refractivity contribution in [2.75, 3.05) is 0 Å². The van der Waals surface area contributed by atoms with Crippen molar-refractivity contribution in [3.05, 3.63) is 24.3 Å². The first kappa shape index (κ1) is 6.06. The fraction of sp³-hybridized carbons (Fsp3) is 0.167. The van der Waals surface area contributed by atoms with Gasteiger partial charge in [-0.15, -0.1) is 0 Å². The van der Waals surface area contributed by atoms with E-state index in [0.29, 0.717) is 0 Å². The quantitative estimate of drug-likeness (QED) is 0.278. The van der Waals surface area contributed by atoms with Crippen molar-refractivity contribution in [2.24, 2.45) is 0 Å². The largest absolute Gasteiger partial charge is 0.259 e. The average Bonchev–Trinajstić information content (AvgIpc) is 1.61. The molecule has 0 heterocycles. The minimum absolute atomic E-state index is 0.765. The first-order valence-electron chi connectivity index (χ1n) is 2.08. The molecular formula is C6H9N+2. The Morgan fingerprint density at radius 2 is 2.29 bits per heavy atom. The molecule has 0 aromatic rings. The van der Waals surface area contributed by atoms with Crippen molar-refractivity contribution in [1.29, 1.82) is 0 Å². The molecule has 0 aliphatic rings. The lowest BCUT2D eigenvalue weighted by Gasteiger charge is -1.61. The van der Waals surface area contributed by atoms with Gasteiger partial charge < -0.3 is 0 Å². The molecule has 0 bridgehead atoms. The van der Waals surface area contributed by atoms with Crippen LogP contribution in [0.2, 0.25) is 0 Å². The van der Waals surface area contributed by atoms with Gasteiger partial charge in [0.25, 0.3) is 0 Å². The molecule has 2 N–H and O–H groups in total. The van der Waals surface area contributed by atoms with E-state index in [2.05, 4.69) is 0 Å². The summed E-state index contributed by atoms with van der Waals surface area (Å²) in [4.78, 5) is 0. The van der Waals surface area contributed by atoms with Crippen molar-refractivity contribution < 1.29 is 5.41 Å². The Kier molecular flexibility index (Phi) is 2.82. The average molecular weight is 95.1 g/mol. The van der Waals surface area contributed by atoms with Gasteiger partial charge in [0.15, 0.2) is 11.8 Å². The van der Waals surface area contributed by atoms with Gasteiger partial charge in [-0.2, -0.15) is 0 Å². The summed E-state index contributed by atoms with van der Waals surface area (Å²) >= 11 is 0. The third kappa shape index (κ3) is 5.06. The molecule has 0 unspecified atom stereocenters. The van der Waals surface area contributed by atoms with Crippen molar-refractivity contribution in [1.82, 2.24) is 0 Å². The first-order valence-corrected chi connectivity index (χ1v) is 2.08. The topological polar surface area (TPSA) is 25.6 Å². The van der Waals surface area contributed by atoms with Crippen LogP contribution in [-0.4, -0.2) is 6.21 Å². The first-order chi connectivity index (χ1) is 3.27. The van der Waals surface area contributed by atoms with Crippen LogP contribution in [0.5, 0.6) is 0 Å². The summed E-state index contributed by atoms with van der Waals surface area (Å²) in [6.07, 6.45) is 4.87. The molecule has 0 fully saturated rings. The van der Waals surface area contributed by atoms with E-state index in [0.717, 1.165) is 5.57 Å². The highest BCUT2D eigenvalue weighted by molar-refractivity contribution is 5.65. The standard InChI is InChI=1S/C6H8N/c1-6(2)4-3-5-7/h1,3-5,7H,2H3/q+1/p+1/b4-3-,7-5?. The van der Waals surface area contributed by atoms with Gasteiger partial charge in [0.1, 0.15) is 0 Å². The van der Waals surface area contributed by atoms with Crippen molar-refractivity contribution in [3.8, 4) is 0 Å². The van der Waals surface area contributed by atoms with Crippen LogP contribution in [0.1, 0.15) is 6.92 Å². The van der Waals surface area contributed by atoms with E-state index in [-0.39, 0.29) is 0 Å². The SMILES string of the molecule is [CH+]=C(C)/C=C\C=[NH2+]. The van der Waals surface area contributed by atoms with E-state index in [4.69, 9.17) is 12.0 Å². The lowest BCUT2D eigenvalue weighted by Crippen LogP contribution is -2.28. The summed E-state index contributed by atoms with van der Waals surface area (Å²) in [6, 6.07) is 0. The second kappa shape index (κ2) is 3.26. The molecule has 0 amide bonds. The predicted octanol–water partition coefficient (Wildman–Crippen LogP) is -0.248. The molecule has 0 spiro atoms. The predicted molar refractivity (Wildman–Crippen MR) is 30.6 cm³/mol. The summed E-state index contributed by atoms with van der Waals surface area (Å²) in [7, 11) is 0. The van der Waals surface area contributed by atoms with E-state index in [1.165, 1.54) is 6.21 Å². The van der Waals surface area contributed by atoms with Gasteiger partial charge in [-0.3, -0.25) is 5.41 Å². The third-order valence-electron chi connectivity index (χ3n) is 0.470. The Labute approximate surface area is 43.9 Å². The minimum atomic E-state index is 0.765. The van der Waals surface area contributed by atoms with E-state index >= 15 is 0 Å².